The highest BCUT2D eigenvalue weighted by atomic mass is 16.5. The smallest absolute Gasteiger partial charge is 0.169 e. The molecular weight excluding hydrogens is 228 g/mol. The molecule has 2 aromatic heterocycles. The molecule has 0 aliphatic rings. The van der Waals surface area contributed by atoms with Crippen LogP contribution in [0.2, 0.25) is 0 Å². The third kappa shape index (κ3) is 3.03. The van der Waals surface area contributed by atoms with Crippen LogP contribution < -0.4 is 10.1 Å². The van der Waals surface area contributed by atoms with Crippen molar-refractivity contribution in [2.45, 2.75) is 32.9 Å². The van der Waals surface area contributed by atoms with Gasteiger partial charge in [0, 0.05) is 6.20 Å². The molecule has 4 nitrogen and oxygen atoms in total. The van der Waals surface area contributed by atoms with Gasteiger partial charge in [0.2, 0.25) is 0 Å². The van der Waals surface area contributed by atoms with Crippen LogP contribution in [0.25, 0.3) is 0 Å². The van der Waals surface area contributed by atoms with Crippen LogP contribution in [-0.4, -0.2) is 11.1 Å². The summed E-state index contributed by atoms with van der Waals surface area (Å²) in [4.78, 5) is 4.30. The maximum absolute atomic E-state index is 5.71. The van der Waals surface area contributed by atoms with E-state index in [1.807, 2.05) is 45.0 Å². The summed E-state index contributed by atoms with van der Waals surface area (Å²) in [5, 5.41) is 3.29. The molecule has 0 amide bonds. The maximum atomic E-state index is 5.71. The predicted octanol–water partition coefficient (Wildman–Crippen LogP) is 3.63. The van der Waals surface area contributed by atoms with E-state index in [-0.39, 0.29) is 12.1 Å². The highest BCUT2D eigenvalue weighted by Crippen LogP contribution is 2.26. The Balaban J connectivity index is 2.13. The summed E-state index contributed by atoms with van der Waals surface area (Å²) in [5.74, 6) is 2.36. The van der Waals surface area contributed by atoms with Gasteiger partial charge in [-0.15, -0.1) is 0 Å². The molecule has 2 heterocycles. The molecule has 0 bridgehead atoms. The first-order valence-corrected chi connectivity index (χ1v) is 6.08. The third-order valence-electron chi connectivity index (χ3n) is 2.46. The molecule has 2 aromatic rings. The van der Waals surface area contributed by atoms with Gasteiger partial charge in [-0.3, -0.25) is 0 Å². The summed E-state index contributed by atoms with van der Waals surface area (Å²) in [7, 11) is 0. The van der Waals surface area contributed by atoms with Crippen LogP contribution in [0.5, 0.6) is 5.75 Å². The van der Waals surface area contributed by atoms with Crippen molar-refractivity contribution < 1.29 is 9.15 Å². The molecule has 0 saturated carbocycles. The van der Waals surface area contributed by atoms with Gasteiger partial charge in [-0.25, -0.2) is 4.98 Å². The van der Waals surface area contributed by atoms with Crippen LogP contribution in [0, 0.1) is 0 Å². The van der Waals surface area contributed by atoms with Gasteiger partial charge in [-0.05, 0) is 45.0 Å². The number of furan rings is 1. The van der Waals surface area contributed by atoms with Crippen LogP contribution in [-0.2, 0) is 0 Å². The predicted molar refractivity (Wildman–Crippen MR) is 70.7 cm³/mol. The van der Waals surface area contributed by atoms with Crippen molar-refractivity contribution in [1.29, 1.82) is 0 Å². The summed E-state index contributed by atoms with van der Waals surface area (Å²) < 4.78 is 11.1. The normalized spacial score (nSPS) is 12.4. The molecule has 0 spiro atoms. The average Bonchev–Trinajstić information content (AvgIpc) is 2.84. The number of nitrogens with one attached hydrogen (secondary N) is 1. The summed E-state index contributed by atoms with van der Waals surface area (Å²) in [5.41, 5.74) is 0. The van der Waals surface area contributed by atoms with E-state index in [0.29, 0.717) is 0 Å². The zero-order valence-corrected chi connectivity index (χ0v) is 10.9. The van der Waals surface area contributed by atoms with Crippen molar-refractivity contribution in [3.63, 3.8) is 0 Å². The van der Waals surface area contributed by atoms with Crippen molar-refractivity contribution >= 4 is 5.82 Å². The fourth-order valence-electron chi connectivity index (χ4n) is 1.66. The maximum Gasteiger partial charge on any atom is 0.169 e. The number of ether oxygens (including phenoxy) is 1. The second-order valence-electron chi connectivity index (χ2n) is 4.40. The van der Waals surface area contributed by atoms with Crippen molar-refractivity contribution in [1.82, 2.24) is 4.98 Å². The Hall–Kier alpha value is -1.97. The van der Waals surface area contributed by atoms with Gasteiger partial charge in [0.15, 0.2) is 11.6 Å². The number of hydrogen-bond donors (Lipinski definition) is 1. The largest absolute Gasteiger partial charge is 0.487 e. The molecule has 18 heavy (non-hydrogen) atoms. The number of anilines is 1. The minimum absolute atomic E-state index is 0.0458. The summed E-state index contributed by atoms with van der Waals surface area (Å²) >= 11 is 0. The summed E-state index contributed by atoms with van der Waals surface area (Å²) in [6, 6.07) is 7.62. The lowest BCUT2D eigenvalue weighted by Crippen LogP contribution is -2.11. The second-order valence-corrected chi connectivity index (χ2v) is 4.40. The van der Waals surface area contributed by atoms with E-state index in [9.17, 15) is 0 Å². The highest BCUT2D eigenvalue weighted by molar-refractivity contribution is 5.50. The lowest BCUT2D eigenvalue weighted by Gasteiger charge is -2.17. The zero-order chi connectivity index (χ0) is 13.0. The Labute approximate surface area is 107 Å². The first kappa shape index (κ1) is 12.5. The fraction of sp³-hybridized carbons (Fsp3) is 0.357. The van der Waals surface area contributed by atoms with Crippen LogP contribution in [0.3, 0.4) is 0 Å². The van der Waals surface area contributed by atoms with Crippen molar-refractivity contribution in [3.05, 3.63) is 42.5 Å². The molecule has 0 aromatic carbocycles. The lowest BCUT2D eigenvalue weighted by atomic mass is 10.2. The zero-order valence-electron chi connectivity index (χ0n) is 10.9. The van der Waals surface area contributed by atoms with Gasteiger partial charge in [0.1, 0.15) is 5.76 Å². The minimum atomic E-state index is 0.0458. The SMILES string of the molecule is CC(C)Oc1cccnc1NC(C)c1ccco1. The number of rotatable bonds is 5. The highest BCUT2D eigenvalue weighted by Gasteiger charge is 2.12. The molecule has 4 heteroatoms. The van der Waals surface area contributed by atoms with Crippen LogP contribution in [0.4, 0.5) is 5.82 Å². The van der Waals surface area contributed by atoms with Crippen molar-refractivity contribution in [2.75, 3.05) is 5.32 Å². The standard InChI is InChI=1S/C14H18N2O2/c1-10(2)18-13-6-4-8-15-14(13)16-11(3)12-7-5-9-17-12/h4-11H,1-3H3,(H,15,16). The van der Waals surface area contributed by atoms with E-state index in [0.717, 1.165) is 17.3 Å². The molecular formula is C14H18N2O2. The third-order valence-corrected chi connectivity index (χ3v) is 2.46. The minimum Gasteiger partial charge on any atom is -0.487 e. The van der Waals surface area contributed by atoms with E-state index in [1.54, 1.807) is 12.5 Å². The van der Waals surface area contributed by atoms with Gasteiger partial charge in [-0.2, -0.15) is 0 Å². The Kier molecular flexibility index (Phi) is 3.87. The summed E-state index contributed by atoms with van der Waals surface area (Å²) in [6.07, 6.45) is 3.52. The van der Waals surface area contributed by atoms with Gasteiger partial charge in [0.05, 0.1) is 18.4 Å². The quantitative estimate of drug-likeness (QED) is 0.875. The molecule has 1 unspecified atom stereocenters. The van der Waals surface area contributed by atoms with Gasteiger partial charge >= 0.3 is 0 Å². The first-order chi connectivity index (χ1) is 8.66. The van der Waals surface area contributed by atoms with E-state index >= 15 is 0 Å². The Morgan fingerprint density at radius 1 is 1.22 bits per heavy atom. The van der Waals surface area contributed by atoms with Gasteiger partial charge in [-0.1, -0.05) is 0 Å². The molecule has 96 valence electrons. The van der Waals surface area contributed by atoms with E-state index in [4.69, 9.17) is 9.15 Å². The average molecular weight is 246 g/mol. The Morgan fingerprint density at radius 2 is 2.06 bits per heavy atom. The molecule has 0 radical (unpaired) electrons. The topological polar surface area (TPSA) is 47.3 Å². The van der Waals surface area contributed by atoms with E-state index in [2.05, 4.69) is 10.3 Å². The second kappa shape index (κ2) is 5.58. The Morgan fingerprint density at radius 3 is 2.72 bits per heavy atom. The van der Waals surface area contributed by atoms with Crippen LogP contribution in [0.1, 0.15) is 32.6 Å². The molecule has 1 N–H and O–H groups in total. The number of hydrogen-bond acceptors (Lipinski definition) is 4. The molecule has 0 aliphatic heterocycles. The van der Waals surface area contributed by atoms with Gasteiger partial charge in [0.25, 0.3) is 0 Å². The number of pyridine rings is 1. The van der Waals surface area contributed by atoms with Crippen LogP contribution >= 0.6 is 0 Å². The van der Waals surface area contributed by atoms with Crippen LogP contribution in [0.15, 0.2) is 41.1 Å². The molecule has 0 fully saturated rings. The number of aromatic nitrogens is 1. The fourth-order valence-corrected chi connectivity index (χ4v) is 1.66. The van der Waals surface area contributed by atoms with E-state index in [1.165, 1.54) is 0 Å². The monoisotopic (exact) mass is 246 g/mol. The van der Waals surface area contributed by atoms with Crippen molar-refractivity contribution in [3.8, 4) is 5.75 Å². The Bertz CT molecular complexity index is 480. The lowest BCUT2D eigenvalue weighted by molar-refractivity contribution is 0.242. The summed E-state index contributed by atoms with van der Waals surface area (Å²) in [6.45, 7) is 6.01. The first-order valence-electron chi connectivity index (χ1n) is 6.08. The molecule has 2 rings (SSSR count). The molecule has 0 aliphatic carbocycles. The van der Waals surface area contributed by atoms with Gasteiger partial charge < -0.3 is 14.5 Å². The number of nitrogens with zero attached hydrogens (tertiary/aromatic N) is 1. The van der Waals surface area contributed by atoms with E-state index < -0.39 is 0 Å². The van der Waals surface area contributed by atoms with Crippen molar-refractivity contribution in [2.24, 2.45) is 0 Å². The molecule has 1 atom stereocenters. The molecule has 0 saturated heterocycles.